The molecule has 2 saturated carbocycles. The van der Waals surface area contributed by atoms with Gasteiger partial charge < -0.3 is 5.11 Å². The van der Waals surface area contributed by atoms with Gasteiger partial charge >= 0.3 is 0 Å². The van der Waals surface area contributed by atoms with Gasteiger partial charge in [0, 0.05) is 5.92 Å². The molecule has 0 spiro atoms. The Labute approximate surface area is 73.2 Å². The molecule has 0 heterocycles. The fourth-order valence-corrected chi connectivity index (χ4v) is 2.83. The fraction of sp³-hybridized carbons (Fsp3) is 0.900. The van der Waals surface area contributed by atoms with Gasteiger partial charge in [-0.3, -0.25) is 0 Å². The minimum absolute atomic E-state index is 0.0799. The lowest BCUT2D eigenvalue weighted by molar-refractivity contribution is 0.0806. The smallest absolute Gasteiger partial charge is 0.0655 e. The van der Waals surface area contributed by atoms with Crippen molar-refractivity contribution in [2.45, 2.75) is 38.2 Å². The predicted octanol–water partition coefficient (Wildman–Crippen LogP) is 1.70. The average Bonchev–Trinajstić information content (AvgIpc) is 2.46. The fourth-order valence-electron chi connectivity index (χ4n) is 2.83. The van der Waals surface area contributed by atoms with Crippen molar-refractivity contribution in [2.75, 3.05) is 0 Å². The van der Waals surface area contributed by atoms with Crippen molar-refractivity contribution in [3.8, 4) is 6.07 Å². The third-order valence-electron chi connectivity index (χ3n) is 3.47. The zero-order valence-electron chi connectivity index (χ0n) is 7.24. The molecule has 0 saturated heterocycles. The molecule has 12 heavy (non-hydrogen) atoms. The molecule has 2 aliphatic rings. The maximum Gasteiger partial charge on any atom is 0.0655 e. The first-order valence-electron chi connectivity index (χ1n) is 4.87. The molecule has 2 heteroatoms. The van der Waals surface area contributed by atoms with Crippen LogP contribution in [-0.2, 0) is 0 Å². The molecule has 0 aromatic rings. The Morgan fingerprint density at radius 3 is 2.58 bits per heavy atom. The number of nitrogens with zero attached hydrogens (tertiary/aromatic N) is 1. The molecule has 0 aliphatic heterocycles. The number of nitriles is 1. The Bertz CT molecular complexity index is 208. The lowest BCUT2D eigenvalue weighted by Gasteiger charge is -2.28. The van der Waals surface area contributed by atoms with E-state index in [2.05, 4.69) is 6.07 Å². The third kappa shape index (κ3) is 1.34. The molecule has 3 unspecified atom stereocenters. The largest absolute Gasteiger partial charge is 0.393 e. The van der Waals surface area contributed by atoms with E-state index in [-0.39, 0.29) is 12.0 Å². The number of hydrogen-bond donors (Lipinski definition) is 1. The zero-order valence-corrected chi connectivity index (χ0v) is 7.24. The van der Waals surface area contributed by atoms with Crippen LogP contribution in [0.2, 0.25) is 0 Å². The maximum atomic E-state index is 9.43. The Hall–Kier alpha value is -0.550. The van der Waals surface area contributed by atoms with Crippen LogP contribution in [-0.4, -0.2) is 11.2 Å². The van der Waals surface area contributed by atoms with Gasteiger partial charge in [0.2, 0.25) is 0 Å². The van der Waals surface area contributed by atoms with Crippen molar-refractivity contribution in [3.05, 3.63) is 0 Å². The lowest BCUT2D eigenvalue weighted by atomic mass is 9.80. The molecule has 0 amide bonds. The van der Waals surface area contributed by atoms with Crippen molar-refractivity contribution in [1.29, 1.82) is 5.26 Å². The second-order valence-corrected chi connectivity index (χ2v) is 4.28. The van der Waals surface area contributed by atoms with E-state index in [4.69, 9.17) is 5.26 Å². The first-order chi connectivity index (χ1) is 5.79. The Balaban J connectivity index is 1.99. The van der Waals surface area contributed by atoms with Crippen LogP contribution in [0.25, 0.3) is 0 Å². The summed E-state index contributed by atoms with van der Waals surface area (Å²) >= 11 is 0. The van der Waals surface area contributed by atoms with Gasteiger partial charge in [0.1, 0.15) is 0 Å². The summed E-state index contributed by atoms with van der Waals surface area (Å²) in [5, 5.41) is 18.2. The van der Waals surface area contributed by atoms with Gasteiger partial charge in [-0.15, -0.1) is 0 Å². The Morgan fingerprint density at radius 1 is 1.08 bits per heavy atom. The van der Waals surface area contributed by atoms with E-state index in [0.29, 0.717) is 5.92 Å². The molecule has 0 aromatic heterocycles. The summed E-state index contributed by atoms with van der Waals surface area (Å²) in [5.74, 6) is 1.68. The second kappa shape index (κ2) is 3.06. The number of fused-ring (bicyclic) bond motifs is 1. The van der Waals surface area contributed by atoms with Crippen molar-refractivity contribution in [1.82, 2.24) is 0 Å². The van der Waals surface area contributed by atoms with Crippen LogP contribution >= 0.6 is 0 Å². The third-order valence-corrected chi connectivity index (χ3v) is 3.47. The molecule has 2 fully saturated rings. The van der Waals surface area contributed by atoms with Crippen LogP contribution in [0, 0.1) is 29.1 Å². The summed E-state index contributed by atoms with van der Waals surface area (Å²) < 4.78 is 0. The van der Waals surface area contributed by atoms with Gasteiger partial charge in [0.25, 0.3) is 0 Å². The van der Waals surface area contributed by atoms with Crippen LogP contribution in [0.15, 0.2) is 0 Å². The van der Waals surface area contributed by atoms with Gasteiger partial charge in [-0.2, -0.15) is 5.26 Å². The Morgan fingerprint density at radius 2 is 1.83 bits per heavy atom. The predicted molar refractivity (Wildman–Crippen MR) is 45.2 cm³/mol. The molecule has 0 radical (unpaired) electrons. The van der Waals surface area contributed by atoms with Crippen LogP contribution in [0.3, 0.4) is 0 Å². The molecule has 66 valence electrons. The van der Waals surface area contributed by atoms with Crippen LogP contribution in [0.4, 0.5) is 0 Å². The highest BCUT2D eigenvalue weighted by Crippen LogP contribution is 2.44. The van der Waals surface area contributed by atoms with Gasteiger partial charge in [-0.1, -0.05) is 0 Å². The molecule has 2 nitrogen and oxygen atoms in total. The van der Waals surface area contributed by atoms with Crippen molar-refractivity contribution < 1.29 is 5.11 Å². The summed E-state index contributed by atoms with van der Waals surface area (Å²) in [6.45, 7) is 0. The van der Waals surface area contributed by atoms with E-state index < -0.39 is 0 Å². The summed E-state index contributed by atoms with van der Waals surface area (Å²) in [5.41, 5.74) is 0. The minimum atomic E-state index is -0.0799. The number of aliphatic hydroxyl groups excluding tert-OH is 1. The van der Waals surface area contributed by atoms with Gasteiger partial charge in [-0.25, -0.2) is 0 Å². The van der Waals surface area contributed by atoms with E-state index in [9.17, 15) is 5.11 Å². The molecule has 0 bridgehead atoms. The van der Waals surface area contributed by atoms with E-state index in [0.717, 1.165) is 38.0 Å². The number of rotatable bonds is 0. The van der Waals surface area contributed by atoms with E-state index in [1.54, 1.807) is 0 Å². The highest BCUT2D eigenvalue weighted by Gasteiger charge is 2.37. The SMILES string of the molecule is N#CC1CC2CC(O)CC[C@H]2C1. The molecular formula is C10H15NO. The van der Waals surface area contributed by atoms with Gasteiger partial charge in [-0.05, 0) is 43.9 Å². The second-order valence-electron chi connectivity index (χ2n) is 4.28. The van der Waals surface area contributed by atoms with E-state index >= 15 is 0 Å². The number of hydrogen-bond acceptors (Lipinski definition) is 2. The standard InChI is InChI=1S/C10H15NO/c11-6-7-3-8-1-2-10(12)5-9(8)4-7/h7-10,12H,1-5H2/t7?,8-,9?,10?/m0/s1. The summed E-state index contributed by atoms with van der Waals surface area (Å²) in [7, 11) is 0. The highest BCUT2D eigenvalue weighted by molar-refractivity contribution is 4.96. The van der Waals surface area contributed by atoms with E-state index in [1.165, 1.54) is 0 Å². The first-order valence-corrected chi connectivity index (χ1v) is 4.87. The molecule has 4 atom stereocenters. The lowest BCUT2D eigenvalue weighted by Crippen LogP contribution is -2.23. The molecule has 0 aromatic carbocycles. The zero-order chi connectivity index (χ0) is 8.55. The van der Waals surface area contributed by atoms with Crippen LogP contribution in [0.1, 0.15) is 32.1 Å². The normalized spacial score (nSPS) is 46.7. The maximum absolute atomic E-state index is 9.43. The van der Waals surface area contributed by atoms with Crippen LogP contribution < -0.4 is 0 Å². The van der Waals surface area contributed by atoms with Crippen LogP contribution in [0.5, 0.6) is 0 Å². The van der Waals surface area contributed by atoms with Gasteiger partial charge in [0.15, 0.2) is 0 Å². The Kier molecular flexibility index (Phi) is 2.06. The summed E-state index contributed by atoms with van der Waals surface area (Å²) in [6, 6.07) is 2.35. The topological polar surface area (TPSA) is 44.0 Å². The molecule has 1 N–H and O–H groups in total. The van der Waals surface area contributed by atoms with Crippen molar-refractivity contribution in [2.24, 2.45) is 17.8 Å². The first kappa shape index (κ1) is 8.07. The van der Waals surface area contributed by atoms with Crippen molar-refractivity contribution in [3.63, 3.8) is 0 Å². The summed E-state index contributed by atoms with van der Waals surface area (Å²) in [6.07, 6.45) is 5.10. The molecular weight excluding hydrogens is 150 g/mol. The number of aliphatic hydroxyl groups is 1. The quantitative estimate of drug-likeness (QED) is 0.593. The molecule has 2 aliphatic carbocycles. The average molecular weight is 165 g/mol. The van der Waals surface area contributed by atoms with E-state index in [1.807, 2.05) is 0 Å². The minimum Gasteiger partial charge on any atom is -0.393 e. The van der Waals surface area contributed by atoms with Crippen molar-refractivity contribution >= 4 is 0 Å². The van der Waals surface area contributed by atoms with Gasteiger partial charge in [0.05, 0.1) is 12.2 Å². The molecule has 2 rings (SSSR count). The summed E-state index contributed by atoms with van der Waals surface area (Å²) in [4.78, 5) is 0. The monoisotopic (exact) mass is 165 g/mol. The highest BCUT2D eigenvalue weighted by atomic mass is 16.3.